The number of rotatable bonds is 3. The number of halogens is 2. The van der Waals surface area contributed by atoms with Crippen molar-refractivity contribution >= 4 is 0 Å². The summed E-state index contributed by atoms with van der Waals surface area (Å²) in [5.41, 5.74) is 4.99. The largest absolute Gasteiger partial charge is 0.325 e. The van der Waals surface area contributed by atoms with Crippen LogP contribution in [-0.2, 0) is 13.0 Å². The first-order chi connectivity index (χ1) is 7.63. The van der Waals surface area contributed by atoms with Crippen LogP contribution < -0.4 is 5.73 Å². The second kappa shape index (κ2) is 5.15. The van der Waals surface area contributed by atoms with Gasteiger partial charge in [0, 0.05) is 12.1 Å². The van der Waals surface area contributed by atoms with Crippen molar-refractivity contribution in [1.29, 1.82) is 10.5 Å². The third-order valence-corrected chi connectivity index (χ3v) is 2.00. The maximum absolute atomic E-state index is 12.7. The summed E-state index contributed by atoms with van der Waals surface area (Å²) in [7, 11) is 0. The number of hydrogen-bond acceptors (Lipinski definition) is 4. The average Bonchev–Trinajstić information content (AvgIpc) is 2.29. The topological polar surface area (TPSA) is 86.5 Å². The molecule has 0 aliphatic heterocycles. The smallest absolute Gasteiger partial charge is 0.280 e. The zero-order valence-corrected chi connectivity index (χ0v) is 8.24. The predicted octanol–water partition coefficient (Wildman–Crippen LogP) is 1.42. The summed E-state index contributed by atoms with van der Waals surface area (Å²) in [6, 6.07) is 4.84. The highest BCUT2D eigenvalue weighted by molar-refractivity contribution is 5.43. The third kappa shape index (κ3) is 2.30. The van der Waals surface area contributed by atoms with Crippen molar-refractivity contribution in [3.8, 4) is 12.1 Å². The Morgan fingerprint density at radius 2 is 2.12 bits per heavy atom. The summed E-state index contributed by atoms with van der Waals surface area (Å²) in [5, 5.41) is 17.3. The Bertz CT molecular complexity index is 471. The Morgan fingerprint density at radius 3 is 2.56 bits per heavy atom. The quantitative estimate of drug-likeness (QED) is 0.837. The molecule has 0 radical (unpaired) electrons. The van der Waals surface area contributed by atoms with Crippen LogP contribution in [-0.4, -0.2) is 4.98 Å². The highest BCUT2D eigenvalue weighted by atomic mass is 19.3. The molecule has 0 spiro atoms. The molecule has 1 rings (SSSR count). The van der Waals surface area contributed by atoms with Crippen molar-refractivity contribution in [2.75, 3.05) is 0 Å². The number of nitrogens with two attached hydrogens (primary N) is 1. The SMILES string of the molecule is N#CCc1c(C#N)cc(CN)nc1C(F)F. The summed E-state index contributed by atoms with van der Waals surface area (Å²) < 4.78 is 25.3. The van der Waals surface area contributed by atoms with Crippen LogP contribution in [0.1, 0.15) is 28.9 Å². The minimum absolute atomic E-state index is 0.0165. The van der Waals surface area contributed by atoms with E-state index >= 15 is 0 Å². The monoisotopic (exact) mass is 222 g/mol. The van der Waals surface area contributed by atoms with Crippen LogP contribution in [0, 0.1) is 22.7 Å². The molecule has 0 saturated heterocycles. The first-order valence-corrected chi connectivity index (χ1v) is 4.42. The molecule has 4 nitrogen and oxygen atoms in total. The fraction of sp³-hybridized carbons (Fsp3) is 0.300. The summed E-state index contributed by atoms with van der Waals surface area (Å²) >= 11 is 0. The molecular formula is C10H8F2N4. The molecule has 0 aliphatic carbocycles. The third-order valence-electron chi connectivity index (χ3n) is 2.00. The van der Waals surface area contributed by atoms with Crippen LogP contribution in [0.5, 0.6) is 0 Å². The summed E-state index contributed by atoms with van der Waals surface area (Å²) in [4.78, 5) is 3.64. The van der Waals surface area contributed by atoms with Gasteiger partial charge < -0.3 is 5.73 Å². The summed E-state index contributed by atoms with van der Waals surface area (Å²) in [5.74, 6) is 0. The van der Waals surface area contributed by atoms with E-state index in [1.54, 1.807) is 12.1 Å². The predicted molar refractivity (Wildman–Crippen MR) is 51.1 cm³/mol. The first-order valence-electron chi connectivity index (χ1n) is 4.42. The van der Waals surface area contributed by atoms with Crippen LogP contribution in [0.3, 0.4) is 0 Å². The van der Waals surface area contributed by atoms with Crippen LogP contribution in [0.25, 0.3) is 0 Å². The molecule has 82 valence electrons. The second-order valence-electron chi connectivity index (χ2n) is 2.98. The van der Waals surface area contributed by atoms with Gasteiger partial charge in [0.15, 0.2) is 0 Å². The molecule has 0 amide bonds. The van der Waals surface area contributed by atoms with Crippen molar-refractivity contribution in [1.82, 2.24) is 4.98 Å². The molecule has 1 aromatic heterocycles. The lowest BCUT2D eigenvalue weighted by Gasteiger charge is -2.09. The molecule has 0 atom stereocenters. The number of hydrogen-bond donors (Lipinski definition) is 1. The van der Waals surface area contributed by atoms with E-state index in [-0.39, 0.29) is 29.8 Å². The molecule has 1 heterocycles. The number of pyridine rings is 1. The number of nitriles is 2. The Hall–Kier alpha value is -2.05. The van der Waals surface area contributed by atoms with Crippen molar-refractivity contribution in [3.63, 3.8) is 0 Å². The molecule has 0 saturated carbocycles. The minimum atomic E-state index is -2.82. The fourth-order valence-corrected chi connectivity index (χ4v) is 1.30. The van der Waals surface area contributed by atoms with Gasteiger partial charge in [-0.3, -0.25) is 4.98 Å². The normalized spacial score (nSPS) is 9.88. The molecule has 0 aliphatic rings. The maximum atomic E-state index is 12.7. The standard InChI is InChI=1S/C10H8F2N4/c11-10(12)9-8(1-2-13)6(4-14)3-7(5-15)16-9/h3,10H,1,5,15H2. The van der Waals surface area contributed by atoms with Crippen molar-refractivity contribution in [2.45, 2.75) is 19.4 Å². The number of nitrogens with zero attached hydrogens (tertiary/aromatic N) is 3. The lowest BCUT2D eigenvalue weighted by Crippen LogP contribution is -2.08. The van der Waals surface area contributed by atoms with Gasteiger partial charge >= 0.3 is 0 Å². The van der Waals surface area contributed by atoms with Crippen molar-refractivity contribution < 1.29 is 8.78 Å². The van der Waals surface area contributed by atoms with E-state index in [0.29, 0.717) is 0 Å². The minimum Gasteiger partial charge on any atom is -0.325 e. The highest BCUT2D eigenvalue weighted by Gasteiger charge is 2.19. The first kappa shape index (κ1) is 12.0. The molecule has 1 aromatic rings. The zero-order valence-electron chi connectivity index (χ0n) is 8.24. The van der Waals surface area contributed by atoms with E-state index in [0.717, 1.165) is 0 Å². The molecule has 0 fully saturated rings. The van der Waals surface area contributed by atoms with Gasteiger partial charge in [-0.15, -0.1) is 0 Å². The molecule has 6 heteroatoms. The van der Waals surface area contributed by atoms with Gasteiger partial charge in [0.2, 0.25) is 0 Å². The van der Waals surface area contributed by atoms with Crippen LogP contribution >= 0.6 is 0 Å². The van der Waals surface area contributed by atoms with Crippen LogP contribution in [0.2, 0.25) is 0 Å². The van der Waals surface area contributed by atoms with E-state index in [4.69, 9.17) is 16.3 Å². The Labute approximate surface area is 90.9 Å². The van der Waals surface area contributed by atoms with Gasteiger partial charge in [-0.05, 0) is 6.07 Å². The average molecular weight is 222 g/mol. The zero-order chi connectivity index (χ0) is 12.1. The fourth-order valence-electron chi connectivity index (χ4n) is 1.30. The second-order valence-corrected chi connectivity index (χ2v) is 2.98. The van der Waals surface area contributed by atoms with Gasteiger partial charge in [-0.2, -0.15) is 10.5 Å². The molecule has 0 unspecified atom stereocenters. The van der Waals surface area contributed by atoms with E-state index < -0.39 is 12.1 Å². The molecule has 16 heavy (non-hydrogen) atoms. The van der Waals surface area contributed by atoms with Crippen molar-refractivity contribution in [2.24, 2.45) is 5.73 Å². The molecule has 0 aromatic carbocycles. The lowest BCUT2D eigenvalue weighted by molar-refractivity contribution is 0.144. The van der Waals surface area contributed by atoms with Gasteiger partial charge in [0.25, 0.3) is 6.43 Å². The van der Waals surface area contributed by atoms with E-state index in [9.17, 15) is 8.78 Å². The Morgan fingerprint density at radius 1 is 1.44 bits per heavy atom. The summed E-state index contributed by atoms with van der Waals surface area (Å²) in [6.45, 7) is -0.0266. The summed E-state index contributed by atoms with van der Waals surface area (Å²) in [6.07, 6.45) is -3.08. The Balaban J connectivity index is 3.43. The van der Waals surface area contributed by atoms with E-state index in [2.05, 4.69) is 4.98 Å². The van der Waals surface area contributed by atoms with Gasteiger partial charge in [0.05, 0.1) is 29.8 Å². The van der Waals surface area contributed by atoms with Gasteiger partial charge in [-0.25, -0.2) is 8.78 Å². The number of alkyl halides is 2. The maximum Gasteiger partial charge on any atom is 0.280 e. The van der Waals surface area contributed by atoms with E-state index in [1.165, 1.54) is 6.07 Å². The van der Waals surface area contributed by atoms with Crippen LogP contribution in [0.4, 0.5) is 8.78 Å². The lowest BCUT2D eigenvalue weighted by atomic mass is 10.0. The van der Waals surface area contributed by atoms with Crippen LogP contribution in [0.15, 0.2) is 6.07 Å². The highest BCUT2D eigenvalue weighted by Crippen LogP contribution is 2.24. The molecular weight excluding hydrogens is 214 g/mol. The van der Waals surface area contributed by atoms with Gasteiger partial charge in [0.1, 0.15) is 5.69 Å². The van der Waals surface area contributed by atoms with Crippen molar-refractivity contribution in [3.05, 3.63) is 28.6 Å². The molecule has 0 bridgehead atoms. The van der Waals surface area contributed by atoms with Gasteiger partial charge in [-0.1, -0.05) is 0 Å². The number of aromatic nitrogens is 1. The Kier molecular flexibility index (Phi) is 3.87. The molecule has 2 N–H and O–H groups in total. The van der Waals surface area contributed by atoms with E-state index in [1.807, 2.05) is 0 Å².